The number of halogens is 1. The Morgan fingerprint density at radius 1 is 1.21 bits per heavy atom. The minimum atomic E-state index is -0.435. The Balaban J connectivity index is 1.81. The zero-order chi connectivity index (χ0) is 20.0. The molecule has 144 valence electrons. The van der Waals surface area contributed by atoms with Crippen molar-refractivity contribution in [3.8, 4) is 16.9 Å². The van der Waals surface area contributed by atoms with Gasteiger partial charge < -0.3 is 15.0 Å². The summed E-state index contributed by atoms with van der Waals surface area (Å²) in [5, 5.41) is 15.8. The number of nitrogens with one attached hydrogen (secondary N) is 2. The largest absolute Gasteiger partial charge is 0.494 e. The summed E-state index contributed by atoms with van der Waals surface area (Å²) in [7, 11) is 1.44. The van der Waals surface area contributed by atoms with E-state index >= 15 is 0 Å². The Labute approximate surface area is 164 Å². The van der Waals surface area contributed by atoms with E-state index in [4.69, 9.17) is 4.74 Å². The summed E-state index contributed by atoms with van der Waals surface area (Å²) >= 11 is 0. The van der Waals surface area contributed by atoms with Crippen molar-refractivity contribution in [2.24, 2.45) is 5.18 Å². The lowest BCUT2D eigenvalue weighted by molar-refractivity contribution is 0.386. The topological polar surface area (TPSA) is 92.3 Å². The molecule has 4 aromatic rings. The molecule has 2 aromatic heterocycles. The van der Waals surface area contributed by atoms with Crippen LogP contribution in [0.2, 0.25) is 0 Å². The van der Waals surface area contributed by atoms with Gasteiger partial charge >= 0.3 is 0 Å². The summed E-state index contributed by atoms with van der Waals surface area (Å²) in [4.78, 5) is 14.2. The number of nitrogens with zero attached hydrogens (tertiary/aromatic N) is 3. The second-order valence-electron chi connectivity index (χ2n) is 6.79. The van der Waals surface area contributed by atoms with E-state index < -0.39 is 5.82 Å². The fourth-order valence-corrected chi connectivity index (χ4v) is 3.95. The number of aromatic amines is 1. The average molecular weight is 389 g/mol. The third kappa shape index (κ3) is 2.64. The number of hydrogen-bond donors (Lipinski definition) is 2. The molecule has 0 aliphatic carbocycles. The zero-order valence-corrected chi connectivity index (χ0v) is 15.4. The summed E-state index contributed by atoms with van der Waals surface area (Å²) in [6.07, 6.45) is 1.84. The van der Waals surface area contributed by atoms with Gasteiger partial charge in [0.05, 0.1) is 18.8 Å². The molecule has 0 spiro atoms. The van der Waals surface area contributed by atoms with Gasteiger partial charge in [-0.2, -0.15) is 10.0 Å². The van der Waals surface area contributed by atoms with Gasteiger partial charge in [-0.05, 0) is 23.8 Å². The molecular formula is C21H16FN5O2. The Hall–Kier alpha value is -3.81. The molecular weight excluding hydrogens is 373 g/mol. The number of rotatable bonds is 4. The second kappa shape index (κ2) is 6.66. The van der Waals surface area contributed by atoms with Gasteiger partial charge in [-0.1, -0.05) is 29.4 Å². The van der Waals surface area contributed by atoms with Crippen molar-refractivity contribution in [2.75, 3.05) is 12.4 Å². The standard InChI is InChI=1S/C21H16FN5O2/c1-29-17-7-6-11(8-14(17)22)20-13-9-23-21-19(13)18(16(10-24-28)26-27-21)12-4-2-3-5-15(12)25-20/h2-9,20,25H,10H2,1H3,(H,23,27). The Morgan fingerprint density at radius 2 is 2.07 bits per heavy atom. The van der Waals surface area contributed by atoms with Crippen molar-refractivity contribution in [3.05, 3.63) is 76.2 Å². The highest BCUT2D eigenvalue weighted by atomic mass is 19.1. The molecule has 0 saturated heterocycles. The van der Waals surface area contributed by atoms with E-state index in [0.717, 1.165) is 33.3 Å². The third-order valence-electron chi connectivity index (χ3n) is 5.23. The molecule has 29 heavy (non-hydrogen) atoms. The predicted molar refractivity (Wildman–Crippen MR) is 107 cm³/mol. The van der Waals surface area contributed by atoms with E-state index in [0.29, 0.717) is 11.3 Å². The highest BCUT2D eigenvalue weighted by molar-refractivity contribution is 6.02. The van der Waals surface area contributed by atoms with Crippen LogP contribution < -0.4 is 10.1 Å². The minimum absolute atomic E-state index is 0.0843. The average Bonchev–Trinajstić information content (AvgIpc) is 3.09. The summed E-state index contributed by atoms with van der Waals surface area (Å²) in [5.74, 6) is -0.248. The van der Waals surface area contributed by atoms with Gasteiger partial charge in [0.25, 0.3) is 0 Å². The predicted octanol–water partition coefficient (Wildman–Crippen LogP) is 4.55. The number of aromatic nitrogens is 3. The van der Waals surface area contributed by atoms with E-state index in [1.165, 1.54) is 13.2 Å². The van der Waals surface area contributed by atoms with Crippen molar-refractivity contribution in [2.45, 2.75) is 12.6 Å². The zero-order valence-electron chi connectivity index (χ0n) is 15.4. The van der Waals surface area contributed by atoms with Gasteiger partial charge in [0.1, 0.15) is 6.54 Å². The summed E-state index contributed by atoms with van der Waals surface area (Å²) < 4.78 is 19.5. The quantitative estimate of drug-likeness (QED) is 0.500. The maximum atomic E-state index is 14.5. The van der Waals surface area contributed by atoms with E-state index in [2.05, 4.69) is 25.7 Å². The van der Waals surface area contributed by atoms with Gasteiger partial charge in [0.15, 0.2) is 17.2 Å². The van der Waals surface area contributed by atoms with E-state index in [-0.39, 0.29) is 18.3 Å². The van der Waals surface area contributed by atoms with Crippen LogP contribution in [0, 0.1) is 10.7 Å². The van der Waals surface area contributed by atoms with Crippen LogP contribution in [0.3, 0.4) is 0 Å². The molecule has 0 fully saturated rings. The molecule has 5 rings (SSSR count). The third-order valence-corrected chi connectivity index (χ3v) is 5.23. The molecule has 0 amide bonds. The SMILES string of the molecule is COc1ccc(C2Nc3ccccc3-c3c(CN=O)nnc4[nH]cc2c34)cc1F. The maximum absolute atomic E-state index is 14.5. The lowest BCUT2D eigenvalue weighted by atomic mass is 9.95. The number of benzene rings is 2. The van der Waals surface area contributed by atoms with Crippen LogP contribution in [0.15, 0.2) is 53.8 Å². The molecule has 2 aromatic carbocycles. The first-order valence-corrected chi connectivity index (χ1v) is 9.06. The number of methoxy groups -OCH3 is 1. The normalized spacial score (nSPS) is 14.8. The van der Waals surface area contributed by atoms with Crippen molar-refractivity contribution >= 4 is 16.7 Å². The van der Waals surface area contributed by atoms with Crippen molar-refractivity contribution in [1.29, 1.82) is 0 Å². The molecule has 1 aliphatic rings. The summed E-state index contributed by atoms with van der Waals surface area (Å²) in [6.45, 7) is -0.0843. The van der Waals surface area contributed by atoms with Gasteiger partial charge in [-0.25, -0.2) is 4.39 Å². The number of H-pyrrole nitrogens is 1. The number of ether oxygens (including phenoxy) is 1. The fourth-order valence-electron chi connectivity index (χ4n) is 3.95. The molecule has 0 saturated carbocycles. The van der Waals surface area contributed by atoms with Crippen LogP contribution in [0.4, 0.5) is 10.1 Å². The molecule has 7 nitrogen and oxygen atoms in total. The van der Waals surface area contributed by atoms with E-state index in [9.17, 15) is 9.30 Å². The lowest BCUT2D eigenvalue weighted by Gasteiger charge is -2.20. The smallest absolute Gasteiger partial charge is 0.165 e. The number of anilines is 1. The van der Waals surface area contributed by atoms with E-state index in [1.54, 1.807) is 6.07 Å². The molecule has 1 atom stereocenters. The van der Waals surface area contributed by atoms with Crippen molar-refractivity contribution in [3.63, 3.8) is 0 Å². The van der Waals surface area contributed by atoms with Crippen LogP contribution in [0.5, 0.6) is 5.75 Å². The molecule has 8 heteroatoms. The van der Waals surface area contributed by atoms with Crippen molar-refractivity contribution < 1.29 is 9.13 Å². The first-order chi connectivity index (χ1) is 14.2. The highest BCUT2D eigenvalue weighted by Crippen LogP contribution is 2.44. The van der Waals surface area contributed by atoms with Crippen LogP contribution in [0.25, 0.3) is 22.2 Å². The van der Waals surface area contributed by atoms with Gasteiger partial charge in [-0.15, -0.1) is 5.10 Å². The lowest BCUT2D eigenvalue weighted by Crippen LogP contribution is -2.11. The monoisotopic (exact) mass is 389 g/mol. The van der Waals surface area contributed by atoms with Gasteiger partial charge in [-0.3, -0.25) is 0 Å². The van der Waals surface area contributed by atoms with Gasteiger partial charge in [0, 0.05) is 34.0 Å². The van der Waals surface area contributed by atoms with Gasteiger partial charge in [0.2, 0.25) is 0 Å². The molecule has 3 heterocycles. The Bertz CT molecular complexity index is 1250. The number of nitroso groups, excluding NO2 is 1. The fraction of sp³-hybridized carbons (Fsp3) is 0.143. The second-order valence-corrected chi connectivity index (χ2v) is 6.79. The maximum Gasteiger partial charge on any atom is 0.165 e. The van der Waals surface area contributed by atoms with Crippen LogP contribution in [-0.4, -0.2) is 22.3 Å². The summed E-state index contributed by atoms with van der Waals surface area (Å²) in [5.41, 5.74) is 5.28. The first-order valence-electron chi connectivity index (χ1n) is 9.06. The van der Waals surface area contributed by atoms with Crippen LogP contribution in [-0.2, 0) is 6.54 Å². The highest BCUT2D eigenvalue weighted by Gasteiger charge is 2.29. The summed E-state index contributed by atoms with van der Waals surface area (Å²) in [6, 6.07) is 12.3. The number of hydrogen-bond acceptors (Lipinski definition) is 6. The van der Waals surface area contributed by atoms with Crippen molar-refractivity contribution in [1.82, 2.24) is 15.2 Å². The van der Waals surface area contributed by atoms with Crippen LogP contribution in [0.1, 0.15) is 22.9 Å². The number of fused-ring (bicyclic) bond motifs is 2. The molecule has 0 bridgehead atoms. The Morgan fingerprint density at radius 3 is 2.86 bits per heavy atom. The van der Waals surface area contributed by atoms with E-state index in [1.807, 2.05) is 36.5 Å². The Kier molecular flexibility index (Phi) is 3.97. The first kappa shape index (κ1) is 17.3. The molecule has 0 radical (unpaired) electrons. The minimum Gasteiger partial charge on any atom is -0.494 e. The molecule has 1 aliphatic heterocycles. The molecule has 2 N–H and O–H groups in total. The number of para-hydroxylation sites is 1. The molecule has 1 unspecified atom stereocenters. The van der Waals surface area contributed by atoms with Crippen LogP contribution >= 0.6 is 0 Å².